The molecule has 2 rings (SSSR count). The summed E-state index contributed by atoms with van der Waals surface area (Å²) < 4.78 is 1.47. The topological polar surface area (TPSA) is 109 Å². The number of urea groups is 1. The molecule has 2 aromatic rings. The van der Waals surface area contributed by atoms with Gasteiger partial charge in [0, 0.05) is 29.9 Å². The van der Waals surface area contributed by atoms with Gasteiger partial charge in [0.2, 0.25) is 0 Å². The van der Waals surface area contributed by atoms with Crippen LogP contribution in [0, 0.1) is 6.92 Å². The summed E-state index contributed by atoms with van der Waals surface area (Å²) in [5.74, 6) is -1.16. The lowest BCUT2D eigenvalue weighted by atomic mass is 10.2. The quantitative estimate of drug-likeness (QED) is 0.783. The summed E-state index contributed by atoms with van der Waals surface area (Å²) in [6.07, 6.45) is 4.55. The third kappa shape index (κ3) is 3.32. The number of carboxylic acids is 1. The molecule has 106 valence electrons. The van der Waals surface area contributed by atoms with Crippen molar-refractivity contribution in [2.24, 2.45) is 7.05 Å². The Morgan fingerprint density at radius 1 is 1.45 bits per heavy atom. The van der Waals surface area contributed by atoms with Gasteiger partial charge in [0.15, 0.2) is 11.2 Å². The second kappa shape index (κ2) is 5.70. The third-order valence-corrected chi connectivity index (χ3v) is 3.25. The van der Waals surface area contributed by atoms with Gasteiger partial charge in [-0.25, -0.2) is 14.6 Å². The van der Waals surface area contributed by atoms with Gasteiger partial charge >= 0.3 is 12.0 Å². The second-order valence-corrected chi connectivity index (χ2v) is 5.33. The molecule has 0 aliphatic carbocycles. The first kappa shape index (κ1) is 14.0. The number of carbonyl (C=O) groups excluding carboxylic acids is 1. The molecule has 20 heavy (non-hydrogen) atoms. The standard InChI is InChI=1S/C11H13N5O3S/c1-6-3-12-11(20-6)15-10(19)14-8(9(17)18)7-4-13-16(2)5-7/h3-5,8H,1-2H3,(H,17,18)(H2,12,14,15,19). The summed E-state index contributed by atoms with van der Waals surface area (Å²) in [5, 5.41) is 18.3. The molecule has 2 heterocycles. The highest BCUT2D eigenvalue weighted by Gasteiger charge is 2.23. The molecule has 1 unspecified atom stereocenters. The van der Waals surface area contributed by atoms with E-state index in [-0.39, 0.29) is 0 Å². The van der Waals surface area contributed by atoms with Crippen LogP contribution in [-0.2, 0) is 11.8 Å². The van der Waals surface area contributed by atoms with E-state index in [1.165, 1.54) is 28.4 Å². The minimum Gasteiger partial charge on any atom is -0.479 e. The van der Waals surface area contributed by atoms with E-state index in [0.29, 0.717) is 10.7 Å². The van der Waals surface area contributed by atoms with Crippen molar-refractivity contribution < 1.29 is 14.7 Å². The van der Waals surface area contributed by atoms with Gasteiger partial charge in [-0.2, -0.15) is 5.10 Å². The van der Waals surface area contributed by atoms with Crippen molar-refractivity contribution in [3.8, 4) is 0 Å². The van der Waals surface area contributed by atoms with E-state index in [1.54, 1.807) is 13.2 Å². The number of rotatable bonds is 4. The highest BCUT2D eigenvalue weighted by Crippen LogP contribution is 2.17. The monoisotopic (exact) mass is 295 g/mol. The predicted octanol–water partition coefficient (Wildman–Crippen LogP) is 1.13. The summed E-state index contributed by atoms with van der Waals surface area (Å²) in [5.41, 5.74) is 0.394. The SMILES string of the molecule is Cc1cnc(NC(=O)NC(C(=O)O)c2cnn(C)c2)s1. The van der Waals surface area contributed by atoms with Gasteiger partial charge < -0.3 is 10.4 Å². The molecule has 0 fully saturated rings. The van der Waals surface area contributed by atoms with Gasteiger partial charge in [-0.3, -0.25) is 10.00 Å². The Morgan fingerprint density at radius 3 is 2.70 bits per heavy atom. The number of anilines is 1. The van der Waals surface area contributed by atoms with E-state index in [1.807, 2.05) is 6.92 Å². The molecule has 0 bridgehead atoms. The van der Waals surface area contributed by atoms with E-state index >= 15 is 0 Å². The van der Waals surface area contributed by atoms with Crippen LogP contribution >= 0.6 is 11.3 Å². The van der Waals surface area contributed by atoms with Crippen molar-refractivity contribution in [1.29, 1.82) is 0 Å². The number of hydrogen-bond donors (Lipinski definition) is 3. The molecule has 0 spiro atoms. The molecular weight excluding hydrogens is 282 g/mol. The highest BCUT2D eigenvalue weighted by molar-refractivity contribution is 7.15. The number of aryl methyl sites for hydroxylation is 2. The van der Waals surface area contributed by atoms with Gasteiger partial charge in [0.05, 0.1) is 6.20 Å². The van der Waals surface area contributed by atoms with Crippen LogP contribution in [-0.4, -0.2) is 31.9 Å². The number of hydrogen-bond acceptors (Lipinski definition) is 5. The molecule has 2 aromatic heterocycles. The lowest BCUT2D eigenvalue weighted by molar-refractivity contribution is -0.139. The largest absolute Gasteiger partial charge is 0.479 e. The van der Waals surface area contributed by atoms with Crippen molar-refractivity contribution in [3.63, 3.8) is 0 Å². The number of amides is 2. The second-order valence-electron chi connectivity index (χ2n) is 4.09. The fourth-order valence-electron chi connectivity index (χ4n) is 1.55. The van der Waals surface area contributed by atoms with Crippen LogP contribution in [0.25, 0.3) is 0 Å². The van der Waals surface area contributed by atoms with E-state index in [0.717, 1.165) is 4.88 Å². The maximum atomic E-state index is 11.8. The van der Waals surface area contributed by atoms with Gasteiger partial charge in [0.25, 0.3) is 0 Å². The minimum atomic E-state index is -1.16. The maximum Gasteiger partial charge on any atom is 0.331 e. The average molecular weight is 295 g/mol. The Bertz CT molecular complexity index is 636. The molecule has 1 atom stereocenters. The van der Waals surface area contributed by atoms with Crippen LogP contribution in [0.2, 0.25) is 0 Å². The van der Waals surface area contributed by atoms with E-state index in [4.69, 9.17) is 5.11 Å². The molecule has 0 aliphatic heterocycles. The number of thiazole rings is 1. The Kier molecular flexibility index (Phi) is 3.99. The lowest BCUT2D eigenvalue weighted by Crippen LogP contribution is -2.36. The Hall–Kier alpha value is -2.42. The first-order chi connectivity index (χ1) is 9.45. The van der Waals surface area contributed by atoms with Crippen molar-refractivity contribution in [1.82, 2.24) is 20.1 Å². The Balaban J connectivity index is 2.05. The zero-order chi connectivity index (χ0) is 14.7. The molecule has 0 aliphatic rings. The Morgan fingerprint density at radius 2 is 2.20 bits per heavy atom. The predicted molar refractivity (Wildman–Crippen MR) is 72.6 cm³/mol. The first-order valence-electron chi connectivity index (χ1n) is 5.67. The van der Waals surface area contributed by atoms with Crippen molar-refractivity contribution in [2.45, 2.75) is 13.0 Å². The smallest absolute Gasteiger partial charge is 0.331 e. The molecule has 0 radical (unpaired) electrons. The Labute approximate surface area is 118 Å². The normalized spacial score (nSPS) is 11.9. The summed E-state index contributed by atoms with van der Waals surface area (Å²) in [7, 11) is 1.67. The van der Waals surface area contributed by atoms with Crippen LogP contribution in [0.15, 0.2) is 18.6 Å². The summed E-state index contributed by atoms with van der Waals surface area (Å²) in [4.78, 5) is 27.9. The fourth-order valence-corrected chi connectivity index (χ4v) is 2.21. The van der Waals surface area contributed by atoms with Crippen molar-refractivity contribution in [2.75, 3.05) is 5.32 Å². The number of aliphatic carboxylic acids is 1. The summed E-state index contributed by atoms with van der Waals surface area (Å²) >= 11 is 1.30. The van der Waals surface area contributed by atoms with E-state index < -0.39 is 18.0 Å². The summed E-state index contributed by atoms with van der Waals surface area (Å²) in [6, 6.07) is -1.79. The molecule has 8 nitrogen and oxygen atoms in total. The number of nitrogens with zero attached hydrogens (tertiary/aromatic N) is 3. The third-order valence-electron chi connectivity index (χ3n) is 2.42. The van der Waals surface area contributed by atoms with Gasteiger partial charge in [-0.05, 0) is 6.92 Å². The van der Waals surface area contributed by atoms with Crippen molar-refractivity contribution in [3.05, 3.63) is 29.0 Å². The molecule has 3 N–H and O–H groups in total. The average Bonchev–Trinajstić information content (AvgIpc) is 2.95. The van der Waals surface area contributed by atoms with Crippen LogP contribution in [0.1, 0.15) is 16.5 Å². The van der Waals surface area contributed by atoms with Gasteiger partial charge in [-0.15, -0.1) is 11.3 Å². The molecular formula is C11H13N5O3S. The van der Waals surface area contributed by atoms with Crippen LogP contribution in [0.3, 0.4) is 0 Å². The van der Waals surface area contributed by atoms with Crippen molar-refractivity contribution >= 4 is 28.5 Å². The maximum absolute atomic E-state index is 11.8. The summed E-state index contributed by atoms with van der Waals surface area (Å²) in [6.45, 7) is 1.86. The number of carboxylic acid groups (broad SMARTS) is 1. The van der Waals surface area contributed by atoms with Crippen LogP contribution in [0.5, 0.6) is 0 Å². The molecule has 0 saturated carbocycles. The van der Waals surface area contributed by atoms with E-state index in [9.17, 15) is 9.59 Å². The molecule has 2 amide bonds. The number of nitrogens with one attached hydrogen (secondary N) is 2. The minimum absolute atomic E-state index is 0.394. The number of carbonyl (C=O) groups is 2. The zero-order valence-electron chi connectivity index (χ0n) is 10.8. The first-order valence-corrected chi connectivity index (χ1v) is 6.48. The van der Waals surface area contributed by atoms with E-state index in [2.05, 4.69) is 20.7 Å². The fraction of sp³-hybridized carbons (Fsp3) is 0.273. The molecule has 0 saturated heterocycles. The lowest BCUT2D eigenvalue weighted by Gasteiger charge is -2.12. The zero-order valence-corrected chi connectivity index (χ0v) is 11.6. The number of aromatic nitrogens is 3. The molecule has 9 heteroatoms. The highest BCUT2D eigenvalue weighted by atomic mass is 32.1. The van der Waals surface area contributed by atoms with Gasteiger partial charge in [0.1, 0.15) is 0 Å². The van der Waals surface area contributed by atoms with Gasteiger partial charge in [-0.1, -0.05) is 0 Å². The molecule has 0 aromatic carbocycles. The van der Waals surface area contributed by atoms with Crippen LogP contribution < -0.4 is 10.6 Å². The van der Waals surface area contributed by atoms with Crippen LogP contribution in [0.4, 0.5) is 9.93 Å².